The van der Waals surface area contributed by atoms with Gasteiger partial charge in [0.1, 0.15) is 5.75 Å². The smallest absolute Gasteiger partial charge is 0.253 e. The number of rotatable bonds is 6. The van der Waals surface area contributed by atoms with Gasteiger partial charge >= 0.3 is 0 Å². The third-order valence-corrected chi connectivity index (χ3v) is 5.97. The average molecular weight is 429 g/mol. The third kappa shape index (κ3) is 6.00. The van der Waals surface area contributed by atoms with Crippen LogP contribution >= 0.6 is 0 Å². The summed E-state index contributed by atoms with van der Waals surface area (Å²) in [6.07, 6.45) is 1.79. The Morgan fingerprint density at radius 3 is 2.68 bits per heavy atom. The van der Waals surface area contributed by atoms with E-state index < -0.39 is 0 Å². The molecule has 1 aromatic carbocycles. The van der Waals surface area contributed by atoms with Gasteiger partial charge in [0.15, 0.2) is 0 Å². The molecule has 0 aromatic heterocycles. The summed E-state index contributed by atoms with van der Waals surface area (Å²) < 4.78 is 17.7. The molecule has 1 unspecified atom stereocenters. The predicted molar refractivity (Wildman–Crippen MR) is 121 cm³/mol. The first-order valence-corrected chi connectivity index (χ1v) is 11.2. The molecule has 0 aliphatic carbocycles. The van der Waals surface area contributed by atoms with Crippen molar-refractivity contribution in [3.8, 4) is 17.6 Å². The first-order valence-electron chi connectivity index (χ1n) is 11.2. The van der Waals surface area contributed by atoms with E-state index in [1.54, 1.807) is 7.11 Å². The van der Waals surface area contributed by atoms with Gasteiger partial charge in [0.2, 0.25) is 0 Å². The molecule has 2 aliphatic rings. The number of aryl methyl sites for hydroxylation is 1. The van der Waals surface area contributed by atoms with E-state index in [1.807, 2.05) is 50.8 Å². The van der Waals surface area contributed by atoms with E-state index in [-0.39, 0.29) is 23.7 Å². The van der Waals surface area contributed by atoms with Gasteiger partial charge in [-0.2, -0.15) is 0 Å². The molecule has 2 fully saturated rings. The summed E-state index contributed by atoms with van der Waals surface area (Å²) in [5, 5.41) is 0. The molecule has 1 spiro atoms. The number of ether oxygens (including phenoxy) is 3. The van der Waals surface area contributed by atoms with E-state index in [9.17, 15) is 4.79 Å². The number of benzene rings is 1. The van der Waals surface area contributed by atoms with Gasteiger partial charge in [0.05, 0.1) is 31.0 Å². The van der Waals surface area contributed by atoms with E-state index in [4.69, 9.17) is 14.2 Å². The second-order valence-electron chi connectivity index (χ2n) is 8.91. The van der Waals surface area contributed by atoms with Crippen LogP contribution in [0.2, 0.25) is 0 Å². The first kappa shape index (κ1) is 23.6. The van der Waals surface area contributed by atoms with Gasteiger partial charge in [-0.3, -0.25) is 9.69 Å². The van der Waals surface area contributed by atoms with Crippen molar-refractivity contribution in [2.45, 2.75) is 58.3 Å². The minimum Gasteiger partial charge on any atom is -0.491 e. The van der Waals surface area contributed by atoms with Crippen LogP contribution in [0.1, 0.15) is 49.5 Å². The summed E-state index contributed by atoms with van der Waals surface area (Å²) in [5.41, 5.74) is 1.46. The Morgan fingerprint density at radius 2 is 2.06 bits per heavy atom. The van der Waals surface area contributed by atoms with E-state index in [0.717, 1.165) is 43.8 Å². The molecule has 3 rings (SSSR count). The summed E-state index contributed by atoms with van der Waals surface area (Å²) in [6.45, 7) is 12.2. The molecule has 0 bridgehead atoms. The number of nitrogens with zero attached hydrogens (tertiary/aromatic N) is 2. The molecule has 1 amide bonds. The van der Waals surface area contributed by atoms with Crippen molar-refractivity contribution in [2.24, 2.45) is 0 Å². The lowest BCUT2D eigenvalue weighted by atomic mass is 9.88. The van der Waals surface area contributed by atoms with Crippen molar-refractivity contribution in [3.63, 3.8) is 0 Å². The fraction of sp³-hybridized carbons (Fsp3) is 0.640. The molecule has 0 N–H and O–H groups in total. The fourth-order valence-electron chi connectivity index (χ4n) is 4.52. The number of piperidine rings is 1. The van der Waals surface area contributed by atoms with Crippen LogP contribution in [0.15, 0.2) is 18.2 Å². The van der Waals surface area contributed by atoms with Crippen LogP contribution in [0.5, 0.6) is 5.75 Å². The van der Waals surface area contributed by atoms with E-state index in [0.29, 0.717) is 25.3 Å². The van der Waals surface area contributed by atoms with Crippen LogP contribution in [0, 0.1) is 18.8 Å². The number of hydrogen-bond donors (Lipinski definition) is 0. The van der Waals surface area contributed by atoms with Crippen LogP contribution in [-0.4, -0.2) is 80.0 Å². The molecular formula is C25H36N2O4. The van der Waals surface area contributed by atoms with Gasteiger partial charge in [-0.05, 0) is 64.3 Å². The number of carbonyl (C=O) groups excluding carboxylic acids is 1. The van der Waals surface area contributed by atoms with Gasteiger partial charge in [-0.15, -0.1) is 5.92 Å². The molecule has 0 radical (unpaired) electrons. The summed E-state index contributed by atoms with van der Waals surface area (Å²) in [5.74, 6) is 7.07. The molecule has 170 valence electrons. The second kappa shape index (κ2) is 10.5. The van der Waals surface area contributed by atoms with Gasteiger partial charge < -0.3 is 19.1 Å². The summed E-state index contributed by atoms with van der Waals surface area (Å²) in [4.78, 5) is 17.4. The maximum atomic E-state index is 13.1. The lowest BCUT2D eigenvalue weighted by Gasteiger charge is -2.49. The molecule has 0 saturated carbocycles. The van der Waals surface area contributed by atoms with Gasteiger partial charge in [0.25, 0.3) is 5.91 Å². The number of morpholine rings is 1. The lowest BCUT2D eigenvalue weighted by Crippen LogP contribution is -2.60. The Hall–Kier alpha value is -2.07. The minimum atomic E-state index is -0.238. The number of amides is 1. The van der Waals surface area contributed by atoms with Crippen molar-refractivity contribution in [2.75, 3.05) is 46.4 Å². The molecule has 1 aromatic rings. The van der Waals surface area contributed by atoms with Crippen LogP contribution in [0.4, 0.5) is 0 Å². The largest absolute Gasteiger partial charge is 0.491 e. The number of carbonyl (C=O) groups is 1. The summed E-state index contributed by atoms with van der Waals surface area (Å²) >= 11 is 0. The highest BCUT2D eigenvalue weighted by atomic mass is 16.5. The molecule has 2 heterocycles. The van der Waals surface area contributed by atoms with Gasteiger partial charge in [-0.25, -0.2) is 0 Å². The minimum absolute atomic E-state index is 0.0378. The van der Waals surface area contributed by atoms with Crippen molar-refractivity contribution in [3.05, 3.63) is 29.3 Å². The SMILES string of the molecule is CC#CCN1CC(COC)OC2(CCN(C(=O)c3ccc(OC(C)C)c(C)c3)CC2)C1. The Kier molecular flexibility index (Phi) is 7.99. The maximum absolute atomic E-state index is 13.1. The van der Waals surface area contributed by atoms with Crippen LogP contribution in [0.3, 0.4) is 0 Å². The highest BCUT2D eigenvalue weighted by Crippen LogP contribution is 2.33. The standard InChI is InChI=1S/C25H36N2O4/c1-6-7-12-26-16-22(17-29-5)31-25(18-26)10-13-27(14-11-25)24(28)21-8-9-23(20(4)15-21)30-19(2)3/h8-9,15,19,22H,10-14,16-18H2,1-5H3. The first-order chi connectivity index (χ1) is 14.9. The van der Waals surface area contributed by atoms with Crippen molar-refractivity contribution in [1.29, 1.82) is 0 Å². The van der Waals surface area contributed by atoms with Crippen molar-refractivity contribution < 1.29 is 19.0 Å². The zero-order valence-electron chi connectivity index (χ0n) is 19.6. The number of methoxy groups -OCH3 is 1. The quantitative estimate of drug-likeness (QED) is 0.652. The molecule has 31 heavy (non-hydrogen) atoms. The van der Waals surface area contributed by atoms with Crippen LogP contribution in [-0.2, 0) is 9.47 Å². The third-order valence-electron chi connectivity index (χ3n) is 5.97. The van der Waals surface area contributed by atoms with Crippen LogP contribution in [0.25, 0.3) is 0 Å². The van der Waals surface area contributed by atoms with Crippen molar-refractivity contribution in [1.82, 2.24) is 9.80 Å². The van der Waals surface area contributed by atoms with E-state index >= 15 is 0 Å². The second-order valence-corrected chi connectivity index (χ2v) is 8.91. The fourth-order valence-corrected chi connectivity index (χ4v) is 4.52. The average Bonchev–Trinajstić information content (AvgIpc) is 2.73. The van der Waals surface area contributed by atoms with E-state index in [1.165, 1.54) is 0 Å². The molecule has 6 heteroatoms. The van der Waals surface area contributed by atoms with E-state index in [2.05, 4.69) is 16.7 Å². The zero-order chi connectivity index (χ0) is 22.4. The predicted octanol–water partition coefficient (Wildman–Crippen LogP) is 3.13. The molecule has 2 saturated heterocycles. The summed E-state index contributed by atoms with van der Waals surface area (Å²) in [6, 6.07) is 5.70. The molecule has 2 aliphatic heterocycles. The normalized spacial score (nSPS) is 21.1. The topological polar surface area (TPSA) is 51.2 Å². The zero-order valence-corrected chi connectivity index (χ0v) is 19.6. The number of likely N-dealkylation sites (tertiary alicyclic amines) is 1. The maximum Gasteiger partial charge on any atom is 0.253 e. The Morgan fingerprint density at radius 1 is 1.32 bits per heavy atom. The molecular weight excluding hydrogens is 392 g/mol. The number of hydrogen-bond acceptors (Lipinski definition) is 5. The van der Waals surface area contributed by atoms with Crippen LogP contribution < -0.4 is 4.74 Å². The van der Waals surface area contributed by atoms with Gasteiger partial charge in [0, 0.05) is 38.9 Å². The lowest BCUT2D eigenvalue weighted by molar-refractivity contribution is -0.183. The van der Waals surface area contributed by atoms with Crippen molar-refractivity contribution >= 4 is 5.91 Å². The Balaban J connectivity index is 1.65. The highest BCUT2D eigenvalue weighted by Gasteiger charge is 2.43. The molecule has 6 nitrogen and oxygen atoms in total. The monoisotopic (exact) mass is 428 g/mol. The Labute approximate surface area is 186 Å². The summed E-state index contributed by atoms with van der Waals surface area (Å²) in [7, 11) is 1.71. The molecule has 1 atom stereocenters. The Bertz CT molecular complexity index is 819. The van der Waals surface area contributed by atoms with Gasteiger partial charge in [-0.1, -0.05) is 5.92 Å². The highest BCUT2D eigenvalue weighted by molar-refractivity contribution is 5.94.